The zero-order valence-electron chi connectivity index (χ0n) is 48.3. The molecule has 2 heterocycles. The fourth-order valence-electron chi connectivity index (χ4n) is 11.7. The average molecular weight is 1110 g/mol. The summed E-state index contributed by atoms with van der Waals surface area (Å²) in [6.45, 7) is 14.4. The van der Waals surface area contributed by atoms with Crippen LogP contribution in [0.2, 0.25) is 0 Å². The molecular formula is C64H76N10O8. The van der Waals surface area contributed by atoms with Gasteiger partial charge in [-0.2, -0.15) is 0 Å². The van der Waals surface area contributed by atoms with Crippen molar-refractivity contribution in [2.24, 2.45) is 10.8 Å². The molecule has 8 N–H and O–H groups in total. The lowest BCUT2D eigenvalue weighted by molar-refractivity contribution is -0.144. The normalized spacial score (nSPS) is 19.8. The number of hydrogen-bond donors (Lipinski definition) is 8. The van der Waals surface area contributed by atoms with E-state index >= 15 is 0 Å². The van der Waals surface area contributed by atoms with Crippen molar-refractivity contribution in [1.29, 1.82) is 0 Å². The van der Waals surface area contributed by atoms with Gasteiger partial charge < -0.3 is 52.3 Å². The summed E-state index contributed by atoms with van der Waals surface area (Å²) < 4.78 is 0. The molecule has 4 aliphatic rings. The molecule has 0 radical (unpaired) electrons. The first-order valence-corrected chi connectivity index (χ1v) is 28.2. The quantitative estimate of drug-likeness (QED) is 0.0648. The zero-order valence-corrected chi connectivity index (χ0v) is 48.3. The molecule has 2 saturated heterocycles. The minimum atomic E-state index is -1.02. The van der Waals surface area contributed by atoms with Gasteiger partial charge in [-0.05, 0) is 120 Å². The van der Waals surface area contributed by atoms with Crippen LogP contribution in [-0.4, -0.2) is 133 Å². The van der Waals surface area contributed by atoms with Crippen molar-refractivity contribution in [3.8, 4) is 22.3 Å². The summed E-state index contributed by atoms with van der Waals surface area (Å²) in [4.78, 5) is 117. The van der Waals surface area contributed by atoms with Crippen LogP contribution < -0.4 is 42.5 Å². The van der Waals surface area contributed by atoms with Crippen molar-refractivity contribution in [1.82, 2.24) is 52.3 Å². The molecule has 82 heavy (non-hydrogen) atoms. The molecule has 2 aliphatic heterocycles. The number of amides is 8. The average Bonchev–Trinajstić information content (AvgIpc) is 3.38. The SMILES string of the molecule is CN[C@@H](C)C(=O)N[C@H](C(=O)N1CC(NC(=O)c2ccc(C(=O)N[C@H]3C[C@@H](C(=O)NC4c5ccccc5-c5ccccc54)N(C(=O)[C@@H](NC(=O)[C@H](C)NC)C(C)(C)C)C3)cc2)C[C@H]1C(=O)NC1c2ccccc2-c2ccccc21)C(C)(C)C. The van der Waals surface area contributed by atoms with Gasteiger partial charge in [-0.25, -0.2) is 0 Å². The molecular weight excluding hydrogens is 1040 g/mol. The van der Waals surface area contributed by atoms with Gasteiger partial charge >= 0.3 is 0 Å². The van der Waals surface area contributed by atoms with Gasteiger partial charge in [-0.15, -0.1) is 0 Å². The van der Waals surface area contributed by atoms with Gasteiger partial charge in [0.25, 0.3) is 11.8 Å². The minimum Gasteiger partial charge on any atom is -0.347 e. The molecule has 0 bridgehead atoms. The first-order chi connectivity index (χ1) is 39.0. The molecule has 430 valence electrons. The highest BCUT2D eigenvalue weighted by Crippen LogP contribution is 2.45. The van der Waals surface area contributed by atoms with Gasteiger partial charge in [-0.3, -0.25) is 38.4 Å². The lowest BCUT2D eigenvalue weighted by Gasteiger charge is -2.36. The Balaban J connectivity index is 0.915. The van der Waals surface area contributed by atoms with Crippen molar-refractivity contribution >= 4 is 47.3 Å². The Morgan fingerprint density at radius 1 is 0.439 bits per heavy atom. The molecule has 5 aromatic carbocycles. The summed E-state index contributed by atoms with van der Waals surface area (Å²) in [5, 5.41) is 24.2. The number of hydrogen-bond acceptors (Lipinski definition) is 10. The first kappa shape index (κ1) is 58.4. The molecule has 2 aliphatic carbocycles. The third kappa shape index (κ3) is 11.9. The second-order valence-electron chi connectivity index (χ2n) is 24.3. The Morgan fingerprint density at radius 3 is 1.01 bits per heavy atom. The first-order valence-electron chi connectivity index (χ1n) is 28.2. The molecule has 5 aromatic rings. The van der Waals surface area contributed by atoms with E-state index in [1.807, 2.05) is 139 Å². The maximum atomic E-state index is 14.8. The smallest absolute Gasteiger partial charge is 0.251 e. The number of carbonyl (C=O) groups excluding carboxylic acids is 8. The highest BCUT2D eigenvalue weighted by molar-refractivity contribution is 6.00. The van der Waals surface area contributed by atoms with Crippen LogP contribution in [0.15, 0.2) is 121 Å². The molecule has 0 spiro atoms. The summed E-state index contributed by atoms with van der Waals surface area (Å²) in [6, 6.07) is 29.9. The van der Waals surface area contributed by atoms with E-state index < -0.39 is 107 Å². The van der Waals surface area contributed by atoms with Crippen molar-refractivity contribution in [3.05, 3.63) is 155 Å². The van der Waals surface area contributed by atoms with Crippen LogP contribution in [0, 0.1) is 10.8 Å². The molecule has 0 aromatic heterocycles. The Morgan fingerprint density at radius 2 is 0.732 bits per heavy atom. The fourth-order valence-corrected chi connectivity index (χ4v) is 11.7. The van der Waals surface area contributed by atoms with E-state index in [4.69, 9.17) is 0 Å². The molecule has 18 heteroatoms. The van der Waals surface area contributed by atoms with E-state index in [0.717, 1.165) is 44.5 Å². The van der Waals surface area contributed by atoms with E-state index in [1.54, 1.807) is 27.9 Å². The van der Waals surface area contributed by atoms with E-state index in [-0.39, 0.29) is 48.9 Å². The van der Waals surface area contributed by atoms with Gasteiger partial charge in [0.2, 0.25) is 35.4 Å². The standard InChI is InChI=1S/C64H76N10O8/c1-35(65-9)55(75)71-53(63(3,4)5)61(81)73-33-39(31-49(73)59(79)69-51-45-23-15-11-19-41(45)42-20-12-16-24-46(42)51)67-57(77)37-27-29-38(30-28-37)58(78)68-40-32-50(74(34-40)62(82)54(64(6,7)8)72-56(76)36(2)66-10)60(80)70-52-47-25-17-13-21-43(47)44-22-14-18-26-48(44)52/h11-30,35-36,39-40,49-54,65-66H,31-34H2,1-10H3,(H,67,77)(H,68,78)(H,69,79)(H,70,80)(H,71,75)(H,72,76)/t35-,36-,39-,40?,49-,50-,53+,54+/m0/s1. The third-order valence-corrected chi connectivity index (χ3v) is 16.5. The second kappa shape index (κ2) is 23.7. The zero-order chi connectivity index (χ0) is 58.9. The maximum Gasteiger partial charge on any atom is 0.251 e. The third-order valence-electron chi connectivity index (χ3n) is 16.5. The van der Waals surface area contributed by atoms with Crippen LogP contribution in [0.5, 0.6) is 0 Å². The summed E-state index contributed by atoms with van der Waals surface area (Å²) in [5.41, 5.74) is 6.61. The van der Waals surface area contributed by atoms with Crippen molar-refractivity contribution in [3.63, 3.8) is 0 Å². The highest BCUT2D eigenvalue weighted by Gasteiger charge is 2.48. The number of fused-ring (bicyclic) bond motifs is 6. The van der Waals surface area contributed by atoms with E-state index in [2.05, 4.69) is 42.5 Å². The monoisotopic (exact) mass is 1110 g/mol. The van der Waals surface area contributed by atoms with Crippen LogP contribution in [0.3, 0.4) is 0 Å². The number of nitrogens with one attached hydrogen (secondary N) is 8. The Labute approximate surface area is 479 Å². The second-order valence-corrected chi connectivity index (χ2v) is 24.3. The van der Waals surface area contributed by atoms with Crippen molar-refractivity contribution in [2.75, 3.05) is 27.2 Å². The van der Waals surface area contributed by atoms with Crippen LogP contribution in [-0.2, 0) is 28.8 Å². The molecule has 2 fully saturated rings. The van der Waals surface area contributed by atoms with Gasteiger partial charge in [0, 0.05) is 36.3 Å². The van der Waals surface area contributed by atoms with E-state index in [1.165, 1.54) is 34.1 Å². The number of benzene rings is 5. The van der Waals surface area contributed by atoms with Crippen LogP contribution in [0.25, 0.3) is 22.3 Å². The summed E-state index contributed by atoms with van der Waals surface area (Å²) in [6.07, 6.45) is 0.160. The van der Waals surface area contributed by atoms with Gasteiger partial charge in [0.15, 0.2) is 0 Å². The highest BCUT2D eigenvalue weighted by atomic mass is 16.2. The van der Waals surface area contributed by atoms with Gasteiger partial charge in [0.05, 0.1) is 24.2 Å². The van der Waals surface area contributed by atoms with Crippen LogP contribution >= 0.6 is 0 Å². The molecule has 8 atom stereocenters. The molecule has 18 nitrogen and oxygen atoms in total. The van der Waals surface area contributed by atoms with Crippen molar-refractivity contribution < 1.29 is 38.4 Å². The number of rotatable bonds is 16. The summed E-state index contributed by atoms with van der Waals surface area (Å²) in [5.74, 6) is -3.50. The lowest BCUT2D eigenvalue weighted by Crippen LogP contribution is -2.59. The van der Waals surface area contributed by atoms with Crippen molar-refractivity contribution in [2.45, 2.75) is 129 Å². The Bertz CT molecular complexity index is 2990. The van der Waals surface area contributed by atoms with Crippen LogP contribution in [0.1, 0.15) is 123 Å². The largest absolute Gasteiger partial charge is 0.347 e. The minimum absolute atomic E-state index is 0.0237. The van der Waals surface area contributed by atoms with E-state index in [0.29, 0.717) is 0 Å². The fraction of sp³-hybridized carbons (Fsp3) is 0.406. The van der Waals surface area contributed by atoms with Gasteiger partial charge in [-0.1, -0.05) is 139 Å². The number of likely N-dealkylation sites (N-methyl/N-ethyl adjacent to an activating group) is 2. The maximum absolute atomic E-state index is 14.8. The number of nitrogens with zero attached hydrogens (tertiary/aromatic N) is 2. The van der Waals surface area contributed by atoms with E-state index in [9.17, 15) is 38.4 Å². The predicted molar refractivity (Wildman–Crippen MR) is 313 cm³/mol. The lowest BCUT2D eigenvalue weighted by atomic mass is 9.85. The molecule has 0 saturated carbocycles. The molecule has 8 amide bonds. The number of carbonyl (C=O) groups is 8. The molecule has 1 unspecified atom stereocenters. The number of likely N-dealkylation sites (tertiary alicyclic amines) is 2. The van der Waals surface area contributed by atoms with Gasteiger partial charge in [0.1, 0.15) is 24.2 Å². The summed E-state index contributed by atoms with van der Waals surface area (Å²) in [7, 11) is 3.30. The predicted octanol–water partition coefficient (Wildman–Crippen LogP) is 5.14. The van der Waals surface area contributed by atoms with Crippen LogP contribution in [0.4, 0.5) is 0 Å². The Hall–Kier alpha value is -8.22. The summed E-state index contributed by atoms with van der Waals surface area (Å²) >= 11 is 0. The molecule has 9 rings (SSSR count). The Kier molecular flexibility index (Phi) is 16.9. The topological polar surface area (TPSA) is 239 Å².